The summed E-state index contributed by atoms with van der Waals surface area (Å²) in [5, 5.41) is 35.8. The number of aliphatic hydroxyl groups excluding tert-OH is 3. The van der Waals surface area contributed by atoms with E-state index in [1.807, 2.05) is 20.8 Å². The lowest BCUT2D eigenvalue weighted by Crippen LogP contribution is -2.55. The van der Waals surface area contributed by atoms with E-state index in [1.165, 1.54) is 13.2 Å². The van der Waals surface area contributed by atoms with Crippen LogP contribution in [0, 0.1) is 5.41 Å². The van der Waals surface area contributed by atoms with Gasteiger partial charge >= 0.3 is 0 Å². The number of carbonyl (C=O) groups excluding carboxylic acids is 2. The molecular weight excluding hydrogens is 352 g/mol. The minimum absolute atomic E-state index is 0.0218. The second-order valence-electron chi connectivity index (χ2n) is 8.17. The van der Waals surface area contributed by atoms with Gasteiger partial charge in [-0.1, -0.05) is 32.9 Å². The number of aliphatic hydroxyl groups is 3. The number of carbonyl (C=O) groups is 2. The molecule has 1 fully saturated rings. The van der Waals surface area contributed by atoms with Gasteiger partial charge in [-0.15, -0.1) is 0 Å². The second kappa shape index (κ2) is 10.8. The molecule has 27 heavy (non-hydrogen) atoms. The molecule has 5 N–H and O–H groups in total. The lowest BCUT2D eigenvalue weighted by atomic mass is 9.91. The average Bonchev–Trinajstić information content (AvgIpc) is 2.78. The van der Waals surface area contributed by atoms with Crippen LogP contribution >= 0.6 is 0 Å². The number of allylic oxidation sites excluding steroid dienone is 1. The van der Waals surface area contributed by atoms with Crippen molar-refractivity contribution in [3.63, 3.8) is 0 Å². The first-order valence-electron chi connectivity index (χ1n) is 9.38. The fourth-order valence-electron chi connectivity index (χ4n) is 2.79. The second-order valence-corrected chi connectivity index (χ2v) is 8.17. The van der Waals surface area contributed by atoms with E-state index in [4.69, 9.17) is 4.74 Å². The minimum atomic E-state index is -1.65. The smallest absolute Gasteiger partial charge is 0.252 e. The van der Waals surface area contributed by atoms with Crippen molar-refractivity contribution in [3.05, 3.63) is 12.2 Å². The molecule has 0 bridgehead atoms. The third kappa shape index (κ3) is 7.96. The quantitative estimate of drug-likeness (QED) is 0.370. The Kier molecular flexibility index (Phi) is 9.38. The molecule has 5 atom stereocenters. The number of ether oxygens (including phenoxy) is 1. The van der Waals surface area contributed by atoms with E-state index in [-0.39, 0.29) is 11.3 Å². The zero-order chi connectivity index (χ0) is 20.6. The topological polar surface area (TPSA) is 128 Å². The molecule has 8 heteroatoms. The highest BCUT2D eigenvalue weighted by molar-refractivity contribution is 5.89. The van der Waals surface area contributed by atoms with E-state index in [2.05, 4.69) is 10.6 Å². The normalized spacial score (nSPS) is 23.2. The van der Waals surface area contributed by atoms with Crippen LogP contribution in [0.25, 0.3) is 0 Å². The fraction of sp³-hybridized carbons (Fsp3) is 0.789. The van der Waals surface area contributed by atoms with Crippen molar-refractivity contribution in [1.29, 1.82) is 0 Å². The van der Waals surface area contributed by atoms with Gasteiger partial charge in [-0.3, -0.25) is 9.59 Å². The van der Waals surface area contributed by atoms with Gasteiger partial charge in [-0.2, -0.15) is 0 Å². The van der Waals surface area contributed by atoms with Crippen molar-refractivity contribution in [2.45, 2.75) is 76.9 Å². The van der Waals surface area contributed by atoms with Crippen LogP contribution in [-0.4, -0.2) is 71.2 Å². The van der Waals surface area contributed by atoms with Gasteiger partial charge in [0.15, 0.2) is 6.10 Å². The number of amides is 2. The lowest BCUT2D eigenvalue weighted by molar-refractivity contribution is -0.150. The summed E-state index contributed by atoms with van der Waals surface area (Å²) < 4.78 is 5.02. The summed E-state index contributed by atoms with van der Waals surface area (Å²) in [6.07, 6.45) is -0.137. The molecule has 2 amide bonds. The maximum absolute atomic E-state index is 12.4. The molecule has 1 aliphatic rings. The maximum atomic E-state index is 12.4. The highest BCUT2D eigenvalue weighted by Crippen LogP contribution is 2.19. The van der Waals surface area contributed by atoms with E-state index in [0.29, 0.717) is 19.4 Å². The van der Waals surface area contributed by atoms with E-state index >= 15 is 0 Å². The SMILES string of the molecule is CO[C@@H](C(=O)N[C@H]1CCCCNC1=O)[C@H](O)[C@@H](O)[C@H](O)/C=C/CC(C)(C)C. The van der Waals surface area contributed by atoms with Crippen molar-refractivity contribution in [2.24, 2.45) is 5.41 Å². The molecule has 8 nitrogen and oxygen atoms in total. The van der Waals surface area contributed by atoms with Crippen molar-refractivity contribution in [2.75, 3.05) is 13.7 Å². The van der Waals surface area contributed by atoms with Crippen molar-refractivity contribution < 1.29 is 29.6 Å². The summed E-state index contributed by atoms with van der Waals surface area (Å²) in [6.45, 7) is 6.66. The highest BCUT2D eigenvalue weighted by atomic mass is 16.5. The van der Waals surface area contributed by atoms with Gasteiger partial charge in [0.1, 0.15) is 24.4 Å². The summed E-state index contributed by atoms with van der Waals surface area (Å²) in [5.41, 5.74) is 0.0218. The Labute approximate surface area is 161 Å². The molecule has 1 heterocycles. The van der Waals surface area contributed by atoms with E-state index < -0.39 is 36.4 Å². The molecule has 1 saturated heterocycles. The zero-order valence-corrected chi connectivity index (χ0v) is 16.6. The Morgan fingerprint density at radius 2 is 1.96 bits per heavy atom. The van der Waals surface area contributed by atoms with E-state index in [9.17, 15) is 24.9 Å². The number of rotatable bonds is 8. The monoisotopic (exact) mass is 386 g/mol. The van der Waals surface area contributed by atoms with Crippen molar-refractivity contribution in [1.82, 2.24) is 10.6 Å². The van der Waals surface area contributed by atoms with Crippen LogP contribution in [0.2, 0.25) is 0 Å². The molecule has 156 valence electrons. The maximum Gasteiger partial charge on any atom is 0.252 e. The summed E-state index contributed by atoms with van der Waals surface area (Å²) in [4.78, 5) is 24.4. The van der Waals surface area contributed by atoms with Gasteiger partial charge in [-0.25, -0.2) is 0 Å². The van der Waals surface area contributed by atoms with Crippen molar-refractivity contribution >= 4 is 11.8 Å². The van der Waals surface area contributed by atoms with Crippen LogP contribution in [0.4, 0.5) is 0 Å². The van der Waals surface area contributed by atoms with Gasteiger partial charge in [-0.05, 0) is 31.1 Å². The molecule has 0 aromatic rings. The third-order valence-electron chi connectivity index (χ3n) is 4.44. The van der Waals surface area contributed by atoms with Gasteiger partial charge in [0.05, 0.1) is 0 Å². The standard InChI is InChI=1S/C19H34N2O6/c1-19(2,3)10-7-9-13(22)14(23)15(24)16(27-4)18(26)21-12-8-5-6-11-20-17(12)25/h7,9,12-16,22-24H,5-6,8,10-11H2,1-4H3,(H,20,25)(H,21,26)/b9-7+/t12-,13+,14-,15+,16+/m0/s1. The van der Waals surface area contributed by atoms with Gasteiger partial charge in [0, 0.05) is 13.7 Å². The molecule has 0 aliphatic carbocycles. The Morgan fingerprint density at radius 3 is 2.56 bits per heavy atom. The summed E-state index contributed by atoms with van der Waals surface area (Å²) in [6, 6.07) is -0.710. The molecule has 0 radical (unpaired) electrons. The van der Waals surface area contributed by atoms with Gasteiger partial charge in [0.2, 0.25) is 5.91 Å². The Morgan fingerprint density at radius 1 is 1.30 bits per heavy atom. The average molecular weight is 386 g/mol. The fourth-order valence-corrected chi connectivity index (χ4v) is 2.79. The summed E-state index contributed by atoms with van der Waals surface area (Å²) >= 11 is 0. The lowest BCUT2D eigenvalue weighted by Gasteiger charge is -2.28. The molecule has 0 unspecified atom stereocenters. The first-order chi connectivity index (χ1) is 12.6. The molecule has 0 spiro atoms. The number of methoxy groups -OCH3 is 1. The number of hydrogen-bond donors (Lipinski definition) is 5. The largest absolute Gasteiger partial charge is 0.387 e. The van der Waals surface area contributed by atoms with Gasteiger partial charge < -0.3 is 30.7 Å². The van der Waals surface area contributed by atoms with Crippen LogP contribution in [-0.2, 0) is 14.3 Å². The van der Waals surface area contributed by atoms with Crippen LogP contribution in [0.3, 0.4) is 0 Å². The Balaban J connectivity index is 2.68. The van der Waals surface area contributed by atoms with Crippen LogP contribution in [0.1, 0.15) is 46.5 Å². The van der Waals surface area contributed by atoms with Crippen LogP contribution in [0.15, 0.2) is 12.2 Å². The summed E-state index contributed by atoms with van der Waals surface area (Å²) in [7, 11) is 1.22. The molecule has 0 saturated carbocycles. The Hall–Kier alpha value is -1.48. The molecule has 0 aromatic carbocycles. The predicted molar refractivity (Wildman–Crippen MR) is 101 cm³/mol. The van der Waals surface area contributed by atoms with Crippen LogP contribution < -0.4 is 10.6 Å². The predicted octanol–water partition coefficient (Wildman–Crippen LogP) is -0.139. The van der Waals surface area contributed by atoms with Crippen LogP contribution in [0.5, 0.6) is 0 Å². The number of hydrogen-bond acceptors (Lipinski definition) is 6. The molecular formula is C19H34N2O6. The first-order valence-corrected chi connectivity index (χ1v) is 9.38. The van der Waals surface area contributed by atoms with Gasteiger partial charge in [0.25, 0.3) is 5.91 Å². The number of nitrogens with one attached hydrogen (secondary N) is 2. The van der Waals surface area contributed by atoms with E-state index in [0.717, 1.165) is 12.8 Å². The van der Waals surface area contributed by atoms with Crippen molar-refractivity contribution in [3.8, 4) is 0 Å². The highest BCUT2D eigenvalue weighted by Gasteiger charge is 2.36. The zero-order valence-electron chi connectivity index (χ0n) is 16.6. The molecule has 1 rings (SSSR count). The molecule has 0 aromatic heterocycles. The minimum Gasteiger partial charge on any atom is -0.387 e. The first kappa shape index (κ1) is 23.6. The summed E-state index contributed by atoms with van der Waals surface area (Å²) in [5.74, 6) is -0.993. The third-order valence-corrected chi connectivity index (χ3v) is 4.44. The van der Waals surface area contributed by atoms with E-state index in [1.54, 1.807) is 6.08 Å². The molecule has 1 aliphatic heterocycles. The Bertz CT molecular complexity index is 517.